The Hall–Kier alpha value is -1.38. The molecule has 0 amide bonds. The number of benzene rings is 1. The average molecular weight is 283 g/mol. The highest BCUT2D eigenvalue weighted by molar-refractivity contribution is 6.91. The van der Waals surface area contributed by atoms with Crippen molar-refractivity contribution in [2.75, 3.05) is 14.1 Å². The Labute approximate surface area is 124 Å². The Morgan fingerprint density at radius 3 is 2.30 bits per heavy atom. The van der Waals surface area contributed by atoms with Gasteiger partial charge in [0.15, 0.2) is 0 Å². The summed E-state index contributed by atoms with van der Waals surface area (Å²) >= 11 is 0. The summed E-state index contributed by atoms with van der Waals surface area (Å²) in [7, 11) is 2.77. The molecule has 1 aliphatic carbocycles. The first kappa shape index (κ1) is 15.0. The van der Waals surface area contributed by atoms with E-state index in [1.165, 1.54) is 10.8 Å². The number of nitrogens with zero attached hydrogens (tertiary/aromatic N) is 1. The molecule has 1 aromatic carbocycles. The molecular weight excluding hydrogens is 258 g/mol. The van der Waals surface area contributed by atoms with Gasteiger partial charge in [-0.25, -0.2) is 0 Å². The smallest absolute Gasteiger partial charge is 0.0998 e. The molecule has 106 valence electrons. The van der Waals surface area contributed by atoms with E-state index >= 15 is 0 Å². The van der Waals surface area contributed by atoms with Crippen LogP contribution in [0.5, 0.6) is 0 Å². The minimum absolute atomic E-state index is 0.414. The molecule has 0 fully saturated rings. The lowest BCUT2D eigenvalue weighted by molar-refractivity contribution is 0.328. The highest BCUT2D eigenvalue weighted by Crippen LogP contribution is 2.29. The van der Waals surface area contributed by atoms with Crippen molar-refractivity contribution in [3.05, 3.63) is 66.8 Å². The zero-order chi connectivity index (χ0) is 14.8. The van der Waals surface area contributed by atoms with Crippen LogP contribution in [0.15, 0.2) is 66.8 Å². The van der Waals surface area contributed by atoms with E-state index in [2.05, 4.69) is 93.3 Å². The van der Waals surface area contributed by atoms with E-state index in [0.29, 0.717) is 11.6 Å². The van der Waals surface area contributed by atoms with Crippen molar-refractivity contribution >= 4 is 13.3 Å². The molecule has 0 aromatic heterocycles. The molecule has 2 heteroatoms. The van der Waals surface area contributed by atoms with Crippen LogP contribution in [0.1, 0.15) is 0 Å². The number of hydrogen-bond acceptors (Lipinski definition) is 1. The van der Waals surface area contributed by atoms with Gasteiger partial charge in [-0.05, 0) is 19.7 Å². The first-order valence-electron chi connectivity index (χ1n) is 7.20. The Kier molecular flexibility index (Phi) is 4.46. The molecule has 2 atom stereocenters. The second-order valence-corrected chi connectivity index (χ2v) is 11.0. The molecule has 2 rings (SSSR count). The van der Waals surface area contributed by atoms with Gasteiger partial charge in [0.2, 0.25) is 0 Å². The Morgan fingerprint density at radius 2 is 1.75 bits per heavy atom. The van der Waals surface area contributed by atoms with Gasteiger partial charge in [-0.2, -0.15) is 0 Å². The summed E-state index contributed by atoms with van der Waals surface area (Å²) in [4.78, 5) is 2.39. The van der Waals surface area contributed by atoms with Gasteiger partial charge < -0.3 is 4.90 Å². The van der Waals surface area contributed by atoms with E-state index in [0.717, 1.165) is 0 Å². The van der Waals surface area contributed by atoms with Crippen LogP contribution in [0, 0.1) is 5.92 Å². The quantitative estimate of drug-likeness (QED) is 0.766. The van der Waals surface area contributed by atoms with Gasteiger partial charge in [0.25, 0.3) is 0 Å². The molecule has 0 N–H and O–H groups in total. The van der Waals surface area contributed by atoms with Crippen LogP contribution >= 0.6 is 0 Å². The van der Waals surface area contributed by atoms with E-state index < -0.39 is 8.07 Å². The summed E-state index contributed by atoms with van der Waals surface area (Å²) < 4.78 is 0. The fourth-order valence-corrected chi connectivity index (χ4v) is 7.27. The zero-order valence-electron chi connectivity index (χ0n) is 13.0. The first-order valence-corrected chi connectivity index (χ1v) is 10.3. The van der Waals surface area contributed by atoms with E-state index in [9.17, 15) is 0 Å². The third-order valence-corrected chi connectivity index (χ3v) is 8.50. The van der Waals surface area contributed by atoms with E-state index in [1.54, 1.807) is 0 Å². The zero-order valence-corrected chi connectivity index (χ0v) is 14.0. The number of hydrogen-bond donors (Lipinski definition) is 0. The van der Waals surface area contributed by atoms with Gasteiger partial charge in [0.05, 0.1) is 8.07 Å². The highest BCUT2D eigenvalue weighted by Gasteiger charge is 2.40. The fourth-order valence-electron chi connectivity index (χ4n) is 3.36. The molecule has 0 saturated carbocycles. The molecule has 20 heavy (non-hydrogen) atoms. The maximum absolute atomic E-state index is 4.26. The SMILES string of the molecule is C=C1C=CC=CC1C(N(C)C)[Si](C)(C)c1ccccc1. The predicted octanol–water partition coefficient (Wildman–Crippen LogP) is 3.37. The maximum atomic E-state index is 4.26. The Balaban J connectivity index is 2.41. The molecule has 2 unspecified atom stereocenters. The molecule has 0 saturated heterocycles. The topological polar surface area (TPSA) is 3.24 Å². The van der Waals surface area contributed by atoms with Crippen molar-refractivity contribution < 1.29 is 0 Å². The van der Waals surface area contributed by atoms with E-state index in [-0.39, 0.29) is 0 Å². The number of allylic oxidation sites excluding steroid dienone is 3. The minimum atomic E-state index is -1.62. The third-order valence-electron chi connectivity index (χ3n) is 4.32. The van der Waals surface area contributed by atoms with Crippen molar-refractivity contribution in [2.24, 2.45) is 5.92 Å². The Morgan fingerprint density at radius 1 is 1.10 bits per heavy atom. The summed E-state index contributed by atoms with van der Waals surface area (Å²) in [5, 5.41) is 1.51. The highest BCUT2D eigenvalue weighted by atomic mass is 28.3. The van der Waals surface area contributed by atoms with Gasteiger partial charge in [0.1, 0.15) is 0 Å². The van der Waals surface area contributed by atoms with Crippen molar-refractivity contribution in [3.8, 4) is 0 Å². The van der Waals surface area contributed by atoms with Crippen molar-refractivity contribution in [2.45, 2.75) is 18.8 Å². The summed E-state index contributed by atoms with van der Waals surface area (Å²) in [5.41, 5.74) is 1.74. The lowest BCUT2D eigenvalue weighted by Crippen LogP contribution is -2.61. The summed E-state index contributed by atoms with van der Waals surface area (Å²) in [6.45, 7) is 9.19. The molecule has 1 nitrogen and oxygen atoms in total. The standard InChI is InChI=1S/C18H25NSi/c1-15-11-9-10-14-17(15)18(19(2)3)20(4,5)16-12-7-6-8-13-16/h6-14,17-18H,1H2,2-5H3. The predicted molar refractivity (Wildman–Crippen MR) is 91.9 cm³/mol. The van der Waals surface area contributed by atoms with Crippen LogP contribution < -0.4 is 5.19 Å². The molecule has 0 bridgehead atoms. The second kappa shape index (κ2) is 5.94. The first-order chi connectivity index (χ1) is 9.44. The molecular formula is C18H25NSi. The van der Waals surface area contributed by atoms with Crippen molar-refractivity contribution in [3.63, 3.8) is 0 Å². The molecule has 0 radical (unpaired) electrons. The maximum Gasteiger partial charge on any atom is 0.0998 e. The largest absolute Gasteiger partial charge is 0.308 e. The Bertz CT molecular complexity index is 526. The average Bonchev–Trinajstić information content (AvgIpc) is 2.42. The molecule has 0 heterocycles. The van der Waals surface area contributed by atoms with Gasteiger partial charge in [-0.15, -0.1) is 0 Å². The molecule has 0 spiro atoms. The van der Waals surface area contributed by atoms with Gasteiger partial charge in [0, 0.05) is 11.6 Å². The second-order valence-electron chi connectivity index (χ2n) is 6.34. The van der Waals surface area contributed by atoms with E-state index in [4.69, 9.17) is 0 Å². The van der Waals surface area contributed by atoms with Crippen LogP contribution in [0.4, 0.5) is 0 Å². The minimum Gasteiger partial charge on any atom is -0.308 e. The van der Waals surface area contributed by atoms with Crippen LogP contribution in [0.25, 0.3) is 0 Å². The van der Waals surface area contributed by atoms with Crippen molar-refractivity contribution in [1.82, 2.24) is 4.90 Å². The van der Waals surface area contributed by atoms with Crippen LogP contribution in [-0.2, 0) is 0 Å². The van der Waals surface area contributed by atoms with Crippen molar-refractivity contribution in [1.29, 1.82) is 0 Å². The van der Waals surface area contributed by atoms with Crippen LogP contribution in [0.2, 0.25) is 13.1 Å². The van der Waals surface area contributed by atoms with E-state index in [1.807, 2.05) is 0 Å². The van der Waals surface area contributed by atoms with Crippen LogP contribution in [-0.4, -0.2) is 32.7 Å². The summed E-state index contributed by atoms with van der Waals surface area (Å²) in [6, 6.07) is 11.0. The summed E-state index contributed by atoms with van der Waals surface area (Å²) in [6.07, 6.45) is 8.70. The fraction of sp³-hybridized carbons (Fsp3) is 0.333. The third kappa shape index (κ3) is 2.86. The lowest BCUT2D eigenvalue weighted by atomic mass is 9.95. The molecule has 1 aromatic rings. The summed E-state index contributed by atoms with van der Waals surface area (Å²) in [5.74, 6) is 0.414. The number of rotatable bonds is 4. The van der Waals surface area contributed by atoms with Gasteiger partial charge >= 0.3 is 0 Å². The van der Waals surface area contributed by atoms with Gasteiger partial charge in [-0.3, -0.25) is 0 Å². The van der Waals surface area contributed by atoms with Gasteiger partial charge in [-0.1, -0.05) is 79.5 Å². The monoisotopic (exact) mass is 283 g/mol. The van der Waals surface area contributed by atoms with Crippen LogP contribution in [0.3, 0.4) is 0 Å². The lowest BCUT2D eigenvalue weighted by Gasteiger charge is -2.42. The molecule has 1 aliphatic rings. The molecule has 0 aliphatic heterocycles. The normalized spacial score (nSPS) is 20.4.